The summed E-state index contributed by atoms with van der Waals surface area (Å²) in [6.07, 6.45) is -0.322. The molecule has 0 bridgehead atoms. The van der Waals surface area contributed by atoms with Crippen molar-refractivity contribution < 1.29 is 18.3 Å². The molecule has 0 saturated heterocycles. The average Bonchev–Trinajstić information content (AvgIpc) is 2.73. The van der Waals surface area contributed by atoms with Gasteiger partial charge >= 0.3 is 5.69 Å². The van der Waals surface area contributed by atoms with E-state index in [1.165, 1.54) is 11.7 Å². The van der Waals surface area contributed by atoms with E-state index >= 15 is 0 Å². The molecule has 1 aromatic heterocycles. The smallest absolute Gasteiger partial charge is 0.346 e. The summed E-state index contributed by atoms with van der Waals surface area (Å²) in [5.41, 5.74) is -1.30. The van der Waals surface area contributed by atoms with E-state index in [1.807, 2.05) is 0 Å². The summed E-state index contributed by atoms with van der Waals surface area (Å²) in [6.45, 7) is 0.0460. The summed E-state index contributed by atoms with van der Waals surface area (Å²) >= 11 is 0. The lowest BCUT2D eigenvalue weighted by atomic mass is 9.78. The molecule has 0 spiro atoms. The Labute approximate surface area is 125 Å². The number of carbonyl (C=O) groups is 1. The number of alkyl halides is 2. The van der Waals surface area contributed by atoms with Crippen LogP contribution in [0.3, 0.4) is 0 Å². The van der Waals surface area contributed by atoms with Crippen molar-refractivity contribution in [3.05, 3.63) is 16.3 Å². The Morgan fingerprint density at radius 2 is 2.14 bits per heavy atom. The number of rotatable bonds is 4. The van der Waals surface area contributed by atoms with Crippen LogP contribution in [0, 0.1) is 0 Å². The SMILES string of the molecule is COC1(C(=O)N2CCn3c(nn(CC(F)F)c3=O)C2)CCC1. The first-order valence-electron chi connectivity index (χ1n) is 7.26. The molecule has 122 valence electrons. The van der Waals surface area contributed by atoms with E-state index in [1.54, 1.807) is 4.90 Å². The second kappa shape index (κ2) is 5.45. The maximum atomic E-state index is 12.6. The maximum Gasteiger partial charge on any atom is 0.346 e. The highest BCUT2D eigenvalue weighted by Gasteiger charge is 2.47. The summed E-state index contributed by atoms with van der Waals surface area (Å²) in [5, 5.41) is 3.93. The van der Waals surface area contributed by atoms with Crippen LogP contribution in [0.4, 0.5) is 8.78 Å². The minimum Gasteiger partial charge on any atom is -0.368 e. The number of ether oxygens (including phenoxy) is 1. The number of amides is 1. The van der Waals surface area contributed by atoms with Crippen LogP contribution >= 0.6 is 0 Å². The molecule has 1 aromatic rings. The standard InChI is InChI=1S/C13H18F2N4O3/c1-22-13(3-2-4-13)11(20)17-5-6-18-10(8-17)16-19(12(18)21)7-9(14)15/h9H,2-8H2,1H3. The number of halogens is 2. The lowest BCUT2D eigenvalue weighted by Crippen LogP contribution is -2.56. The van der Waals surface area contributed by atoms with Gasteiger partial charge in [0.1, 0.15) is 12.1 Å². The van der Waals surface area contributed by atoms with Crippen molar-refractivity contribution >= 4 is 5.91 Å². The first kappa shape index (κ1) is 15.1. The van der Waals surface area contributed by atoms with Gasteiger partial charge in [-0.3, -0.25) is 9.36 Å². The Balaban J connectivity index is 1.79. The first-order valence-corrected chi connectivity index (χ1v) is 7.26. The fourth-order valence-electron chi connectivity index (χ4n) is 3.01. The second-order valence-electron chi connectivity index (χ2n) is 5.70. The molecule has 7 nitrogen and oxygen atoms in total. The van der Waals surface area contributed by atoms with E-state index in [-0.39, 0.29) is 19.0 Å². The Bertz CT molecular complexity index is 630. The van der Waals surface area contributed by atoms with Gasteiger partial charge in [0.15, 0.2) is 5.82 Å². The highest BCUT2D eigenvalue weighted by atomic mass is 19.3. The molecule has 0 aromatic carbocycles. The van der Waals surface area contributed by atoms with Gasteiger partial charge in [-0.05, 0) is 19.3 Å². The third-order valence-corrected chi connectivity index (χ3v) is 4.47. The number of hydrogen-bond acceptors (Lipinski definition) is 4. The predicted octanol–water partition coefficient (Wildman–Crippen LogP) is 0.221. The summed E-state index contributed by atoms with van der Waals surface area (Å²) < 4.78 is 32.4. The molecule has 0 radical (unpaired) electrons. The van der Waals surface area contributed by atoms with Crippen LogP contribution in [-0.2, 0) is 29.2 Å². The molecule has 1 aliphatic heterocycles. The molecular formula is C13H18F2N4O3. The van der Waals surface area contributed by atoms with Crippen molar-refractivity contribution in [2.45, 2.75) is 50.9 Å². The molecule has 1 saturated carbocycles. The van der Waals surface area contributed by atoms with Crippen molar-refractivity contribution in [3.8, 4) is 0 Å². The van der Waals surface area contributed by atoms with E-state index in [9.17, 15) is 18.4 Å². The first-order chi connectivity index (χ1) is 10.5. The molecule has 2 aliphatic rings. The van der Waals surface area contributed by atoms with Crippen LogP contribution in [0.15, 0.2) is 4.79 Å². The zero-order valence-corrected chi connectivity index (χ0v) is 12.3. The van der Waals surface area contributed by atoms with Gasteiger partial charge in [-0.15, -0.1) is 0 Å². The summed E-state index contributed by atoms with van der Waals surface area (Å²) in [5.74, 6) is 0.235. The lowest BCUT2D eigenvalue weighted by molar-refractivity contribution is -0.167. The van der Waals surface area contributed by atoms with Crippen molar-refractivity contribution in [1.82, 2.24) is 19.2 Å². The van der Waals surface area contributed by atoms with Crippen LogP contribution < -0.4 is 5.69 Å². The monoisotopic (exact) mass is 316 g/mol. The molecule has 0 atom stereocenters. The summed E-state index contributed by atoms with van der Waals surface area (Å²) in [7, 11) is 1.52. The van der Waals surface area contributed by atoms with Gasteiger partial charge in [0, 0.05) is 20.2 Å². The van der Waals surface area contributed by atoms with Gasteiger partial charge in [-0.25, -0.2) is 18.3 Å². The van der Waals surface area contributed by atoms with Crippen molar-refractivity contribution in [1.29, 1.82) is 0 Å². The highest BCUT2D eigenvalue weighted by Crippen LogP contribution is 2.37. The fourth-order valence-corrected chi connectivity index (χ4v) is 3.01. The van der Waals surface area contributed by atoms with Crippen LogP contribution in [0.25, 0.3) is 0 Å². The lowest BCUT2D eigenvalue weighted by Gasteiger charge is -2.42. The number of aromatic nitrogens is 3. The van der Waals surface area contributed by atoms with Gasteiger partial charge in [-0.1, -0.05) is 0 Å². The van der Waals surface area contributed by atoms with Gasteiger partial charge in [-0.2, -0.15) is 5.10 Å². The normalized spacial score (nSPS) is 19.9. The largest absolute Gasteiger partial charge is 0.368 e. The minimum atomic E-state index is -2.64. The Hall–Kier alpha value is -1.77. The average molecular weight is 316 g/mol. The molecule has 0 unspecified atom stereocenters. The number of nitrogens with zero attached hydrogens (tertiary/aromatic N) is 4. The van der Waals surface area contributed by atoms with Crippen molar-refractivity contribution in [2.75, 3.05) is 13.7 Å². The minimum absolute atomic E-state index is 0.108. The second-order valence-corrected chi connectivity index (χ2v) is 5.70. The number of fused-ring (bicyclic) bond motifs is 1. The highest BCUT2D eigenvalue weighted by molar-refractivity contribution is 5.86. The van der Waals surface area contributed by atoms with Crippen molar-refractivity contribution in [3.63, 3.8) is 0 Å². The Morgan fingerprint density at radius 1 is 1.41 bits per heavy atom. The molecule has 1 fully saturated rings. The molecule has 1 aliphatic carbocycles. The van der Waals surface area contributed by atoms with Gasteiger partial charge in [0.05, 0.1) is 6.54 Å². The van der Waals surface area contributed by atoms with Crippen LogP contribution in [0.2, 0.25) is 0 Å². The van der Waals surface area contributed by atoms with Crippen LogP contribution in [0.1, 0.15) is 25.1 Å². The zero-order valence-electron chi connectivity index (χ0n) is 12.3. The molecule has 2 heterocycles. The number of methoxy groups -OCH3 is 1. The van der Waals surface area contributed by atoms with Gasteiger partial charge in [0.25, 0.3) is 12.3 Å². The molecule has 9 heteroatoms. The maximum absolute atomic E-state index is 12.6. The third-order valence-electron chi connectivity index (χ3n) is 4.47. The van der Waals surface area contributed by atoms with E-state index in [0.29, 0.717) is 25.2 Å². The van der Waals surface area contributed by atoms with E-state index in [0.717, 1.165) is 11.1 Å². The molecule has 3 rings (SSSR count). The predicted molar refractivity (Wildman–Crippen MR) is 71.5 cm³/mol. The van der Waals surface area contributed by atoms with Crippen LogP contribution in [0.5, 0.6) is 0 Å². The molecule has 22 heavy (non-hydrogen) atoms. The van der Waals surface area contributed by atoms with Crippen LogP contribution in [-0.4, -0.2) is 50.8 Å². The van der Waals surface area contributed by atoms with E-state index in [2.05, 4.69) is 5.10 Å². The molecular weight excluding hydrogens is 298 g/mol. The topological polar surface area (TPSA) is 69.4 Å². The number of carbonyl (C=O) groups excluding carboxylic acids is 1. The van der Waals surface area contributed by atoms with E-state index < -0.39 is 24.3 Å². The van der Waals surface area contributed by atoms with E-state index in [4.69, 9.17) is 4.74 Å². The molecule has 0 N–H and O–H groups in total. The summed E-state index contributed by atoms with van der Waals surface area (Å²) in [4.78, 5) is 26.1. The van der Waals surface area contributed by atoms with Crippen molar-refractivity contribution in [2.24, 2.45) is 0 Å². The quantitative estimate of drug-likeness (QED) is 0.797. The Kier molecular flexibility index (Phi) is 3.75. The Morgan fingerprint density at radius 3 is 2.68 bits per heavy atom. The zero-order chi connectivity index (χ0) is 15.9. The summed E-state index contributed by atoms with van der Waals surface area (Å²) in [6, 6.07) is 0. The number of hydrogen-bond donors (Lipinski definition) is 0. The fraction of sp³-hybridized carbons (Fsp3) is 0.769. The van der Waals surface area contributed by atoms with Gasteiger partial charge < -0.3 is 9.64 Å². The van der Waals surface area contributed by atoms with Gasteiger partial charge in [0.2, 0.25) is 0 Å². The third kappa shape index (κ3) is 2.33. The molecule has 1 amide bonds.